The largest absolute Gasteiger partial charge is 0.482 e. The molecule has 20 heavy (non-hydrogen) atoms. The average molecular weight is 288 g/mol. The van der Waals surface area contributed by atoms with Crippen molar-refractivity contribution in [3.05, 3.63) is 48.5 Å². The molecule has 0 aliphatic carbocycles. The molecular weight excluding hydrogens is 272 g/mol. The molecule has 0 aliphatic rings. The van der Waals surface area contributed by atoms with Gasteiger partial charge < -0.3 is 15.8 Å². The lowest BCUT2D eigenvalue weighted by Gasteiger charge is -2.09. The van der Waals surface area contributed by atoms with Gasteiger partial charge >= 0.3 is 0 Å². The number of nitrogen functional groups attached to an aromatic ring is 1. The van der Waals surface area contributed by atoms with Crippen LogP contribution in [-0.4, -0.2) is 18.8 Å². The highest BCUT2D eigenvalue weighted by Gasteiger charge is 2.05. The fourth-order valence-electron chi connectivity index (χ4n) is 1.63. The van der Waals surface area contributed by atoms with Gasteiger partial charge in [-0.1, -0.05) is 12.1 Å². The molecule has 4 nitrogen and oxygen atoms in total. The fourth-order valence-corrected chi connectivity index (χ4v) is 2.03. The Kier molecular flexibility index (Phi) is 4.90. The molecule has 0 spiro atoms. The van der Waals surface area contributed by atoms with Crippen LogP contribution in [0.2, 0.25) is 0 Å². The summed E-state index contributed by atoms with van der Waals surface area (Å²) in [7, 11) is 0. The Morgan fingerprint density at radius 3 is 2.55 bits per heavy atom. The van der Waals surface area contributed by atoms with Crippen LogP contribution in [0.1, 0.15) is 0 Å². The minimum absolute atomic E-state index is 0.0709. The van der Waals surface area contributed by atoms with Crippen LogP contribution in [0, 0.1) is 0 Å². The Bertz CT molecular complexity index is 585. The smallest absolute Gasteiger partial charge is 0.262 e. The van der Waals surface area contributed by atoms with Crippen molar-refractivity contribution in [2.45, 2.75) is 4.90 Å². The molecule has 5 heteroatoms. The van der Waals surface area contributed by atoms with Gasteiger partial charge in [0.25, 0.3) is 5.91 Å². The summed E-state index contributed by atoms with van der Waals surface area (Å²) in [5.74, 6) is 0.297. The van der Waals surface area contributed by atoms with Crippen LogP contribution in [0.5, 0.6) is 5.75 Å². The van der Waals surface area contributed by atoms with E-state index in [9.17, 15) is 4.79 Å². The zero-order valence-corrected chi connectivity index (χ0v) is 11.9. The van der Waals surface area contributed by atoms with E-state index in [-0.39, 0.29) is 12.5 Å². The van der Waals surface area contributed by atoms with Crippen molar-refractivity contribution in [3.63, 3.8) is 0 Å². The van der Waals surface area contributed by atoms with Crippen molar-refractivity contribution in [2.24, 2.45) is 0 Å². The van der Waals surface area contributed by atoms with Crippen LogP contribution < -0.4 is 15.8 Å². The van der Waals surface area contributed by atoms with Crippen LogP contribution >= 0.6 is 11.8 Å². The SMILES string of the molecule is CSc1ccc(NC(=O)COc2ccccc2N)cc1. The highest BCUT2D eigenvalue weighted by Crippen LogP contribution is 2.20. The third kappa shape index (κ3) is 3.93. The van der Waals surface area contributed by atoms with E-state index in [0.29, 0.717) is 11.4 Å². The number of amides is 1. The predicted molar refractivity (Wildman–Crippen MR) is 83.2 cm³/mol. The number of thioether (sulfide) groups is 1. The van der Waals surface area contributed by atoms with Crippen molar-refractivity contribution in [1.82, 2.24) is 0 Å². The lowest BCUT2D eigenvalue weighted by atomic mass is 10.3. The Labute approximate surface area is 122 Å². The van der Waals surface area contributed by atoms with Gasteiger partial charge in [-0.3, -0.25) is 4.79 Å². The zero-order valence-electron chi connectivity index (χ0n) is 11.1. The maximum atomic E-state index is 11.8. The highest BCUT2D eigenvalue weighted by atomic mass is 32.2. The van der Waals surface area contributed by atoms with Gasteiger partial charge in [-0.15, -0.1) is 11.8 Å². The molecule has 0 bridgehead atoms. The number of nitrogens with one attached hydrogen (secondary N) is 1. The molecule has 0 unspecified atom stereocenters. The number of para-hydroxylation sites is 2. The van der Waals surface area contributed by atoms with Gasteiger partial charge in [0.1, 0.15) is 5.75 Å². The van der Waals surface area contributed by atoms with Gasteiger partial charge in [0.05, 0.1) is 5.69 Å². The number of rotatable bonds is 5. The van der Waals surface area contributed by atoms with E-state index in [1.54, 1.807) is 23.9 Å². The number of hydrogen-bond acceptors (Lipinski definition) is 4. The van der Waals surface area contributed by atoms with Gasteiger partial charge in [0, 0.05) is 10.6 Å². The molecule has 3 N–H and O–H groups in total. The van der Waals surface area contributed by atoms with E-state index in [1.165, 1.54) is 0 Å². The topological polar surface area (TPSA) is 64.3 Å². The van der Waals surface area contributed by atoms with Gasteiger partial charge in [-0.05, 0) is 42.7 Å². The second-order valence-electron chi connectivity index (χ2n) is 4.10. The van der Waals surface area contributed by atoms with Crippen molar-refractivity contribution in [1.29, 1.82) is 0 Å². The standard InChI is InChI=1S/C15H16N2O2S/c1-20-12-8-6-11(7-9-12)17-15(18)10-19-14-5-3-2-4-13(14)16/h2-9H,10,16H2,1H3,(H,17,18). The second-order valence-corrected chi connectivity index (χ2v) is 4.98. The summed E-state index contributed by atoms with van der Waals surface area (Å²) < 4.78 is 5.37. The van der Waals surface area contributed by atoms with Crippen LogP contribution in [0.3, 0.4) is 0 Å². The number of carbonyl (C=O) groups is 1. The minimum Gasteiger partial charge on any atom is -0.482 e. The van der Waals surface area contributed by atoms with Crippen molar-refractivity contribution < 1.29 is 9.53 Å². The van der Waals surface area contributed by atoms with Gasteiger partial charge in [0.2, 0.25) is 0 Å². The third-order valence-electron chi connectivity index (χ3n) is 2.65. The van der Waals surface area contributed by atoms with Crippen molar-refractivity contribution in [3.8, 4) is 5.75 Å². The zero-order chi connectivity index (χ0) is 14.4. The third-order valence-corrected chi connectivity index (χ3v) is 3.40. The normalized spacial score (nSPS) is 10.1. The average Bonchev–Trinajstić information content (AvgIpc) is 2.47. The van der Waals surface area contributed by atoms with Crippen LogP contribution in [-0.2, 0) is 4.79 Å². The number of ether oxygens (including phenoxy) is 1. The summed E-state index contributed by atoms with van der Waals surface area (Å²) in [5, 5.41) is 2.77. The summed E-state index contributed by atoms with van der Waals surface area (Å²) in [6, 6.07) is 14.7. The van der Waals surface area contributed by atoms with E-state index < -0.39 is 0 Å². The quantitative estimate of drug-likeness (QED) is 0.655. The van der Waals surface area contributed by atoms with Crippen LogP contribution in [0.15, 0.2) is 53.4 Å². The molecule has 0 radical (unpaired) electrons. The maximum Gasteiger partial charge on any atom is 0.262 e. The first-order chi connectivity index (χ1) is 9.69. The van der Waals surface area contributed by atoms with Gasteiger partial charge in [0.15, 0.2) is 6.61 Å². The number of benzene rings is 2. The molecule has 104 valence electrons. The van der Waals surface area contributed by atoms with Crippen molar-refractivity contribution >= 4 is 29.0 Å². The van der Waals surface area contributed by atoms with Gasteiger partial charge in [-0.2, -0.15) is 0 Å². The summed E-state index contributed by atoms with van der Waals surface area (Å²) >= 11 is 1.65. The number of carbonyl (C=O) groups excluding carboxylic acids is 1. The Hall–Kier alpha value is -2.14. The Morgan fingerprint density at radius 2 is 1.90 bits per heavy atom. The Balaban J connectivity index is 1.87. The summed E-state index contributed by atoms with van der Waals surface area (Å²) in [6.45, 7) is -0.0709. The molecule has 0 saturated carbocycles. The first-order valence-electron chi connectivity index (χ1n) is 6.10. The molecule has 0 atom stereocenters. The monoisotopic (exact) mass is 288 g/mol. The molecule has 2 aromatic rings. The maximum absolute atomic E-state index is 11.8. The molecule has 1 amide bonds. The fraction of sp³-hybridized carbons (Fsp3) is 0.133. The van der Waals surface area contributed by atoms with E-state index in [4.69, 9.17) is 10.5 Å². The summed E-state index contributed by atoms with van der Waals surface area (Å²) in [6.07, 6.45) is 2.01. The second kappa shape index (κ2) is 6.86. The number of hydrogen-bond donors (Lipinski definition) is 2. The van der Waals surface area contributed by atoms with Gasteiger partial charge in [-0.25, -0.2) is 0 Å². The molecule has 2 aromatic carbocycles. The summed E-state index contributed by atoms with van der Waals surface area (Å²) in [4.78, 5) is 12.9. The molecule has 0 heterocycles. The molecule has 0 aromatic heterocycles. The van der Waals surface area contributed by atoms with Crippen molar-refractivity contribution in [2.75, 3.05) is 23.9 Å². The number of nitrogens with two attached hydrogens (primary N) is 1. The first kappa shape index (κ1) is 14.3. The van der Waals surface area contributed by atoms with E-state index in [2.05, 4.69) is 5.32 Å². The lowest BCUT2D eigenvalue weighted by molar-refractivity contribution is -0.118. The molecule has 0 saturated heterocycles. The van der Waals surface area contributed by atoms with Crippen LogP contribution in [0.25, 0.3) is 0 Å². The molecule has 0 fully saturated rings. The van der Waals surface area contributed by atoms with E-state index >= 15 is 0 Å². The lowest BCUT2D eigenvalue weighted by Crippen LogP contribution is -2.20. The summed E-state index contributed by atoms with van der Waals surface area (Å²) in [5.41, 5.74) is 7.00. The Morgan fingerprint density at radius 1 is 1.20 bits per heavy atom. The minimum atomic E-state index is -0.217. The van der Waals surface area contributed by atoms with E-state index in [1.807, 2.05) is 42.7 Å². The molecular formula is C15H16N2O2S. The predicted octanol–water partition coefficient (Wildman–Crippen LogP) is 3.01. The molecule has 0 aliphatic heterocycles. The highest BCUT2D eigenvalue weighted by molar-refractivity contribution is 7.98. The van der Waals surface area contributed by atoms with Crippen LogP contribution in [0.4, 0.5) is 11.4 Å². The number of anilines is 2. The van der Waals surface area contributed by atoms with E-state index in [0.717, 1.165) is 10.6 Å². The first-order valence-corrected chi connectivity index (χ1v) is 7.32. The molecule has 2 rings (SSSR count).